The zero-order valence-electron chi connectivity index (χ0n) is 14.5. The summed E-state index contributed by atoms with van der Waals surface area (Å²) < 4.78 is 10.9. The largest absolute Gasteiger partial charge is 0.508 e. The summed E-state index contributed by atoms with van der Waals surface area (Å²) in [5, 5.41) is 29.6. The Balaban J connectivity index is 1.55. The molecule has 28 heavy (non-hydrogen) atoms. The molecule has 0 saturated heterocycles. The summed E-state index contributed by atoms with van der Waals surface area (Å²) in [6, 6.07) is 14.7. The molecular weight excluding hydrogens is 362 g/mol. The number of furan rings is 1. The van der Waals surface area contributed by atoms with E-state index in [-0.39, 0.29) is 35.6 Å². The predicted molar refractivity (Wildman–Crippen MR) is 99.4 cm³/mol. The highest BCUT2D eigenvalue weighted by molar-refractivity contribution is 6.04. The number of amides is 1. The molecule has 140 valence electrons. The molecule has 8 heteroatoms. The van der Waals surface area contributed by atoms with Crippen molar-refractivity contribution in [3.63, 3.8) is 0 Å². The number of carbonyl (C=O) groups is 1. The first-order valence-corrected chi connectivity index (χ1v) is 8.36. The maximum absolute atomic E-state index is 12.5. The molecule has 0 aliphatic rings. The van der Waals surface area contributed by atoms with Gasteiger partial charge in [-0.2, -0.15) is 0 Å². The lowest BCUT2D eigenvalue weighted by atomic mass is 10.1. The third-order valence-corrected chi connectivity index (χ3v) is 4.04. The Morgan fingerprint density at radius 3 is 2.68 bits per heavy atom. The Bertz CT molecular complexity index is 1120. The van der Waals surface area contributed by atoms with Crippen LogP contribution in [0.2, 0.25) is 0 Å². The lowest BCUT2D eigenvalue weighted by Gasteiger charge is -2.08. The first-order chi connectivity index (χ1) is 13.6. The maximum Gasteiger partial charge on any atom is 0.283 e. The number of hydrogen-bond donors (Lipinski definition) is 3. The van der Waals surface area contributed by atoms with E-state index in [2.05, 4.69) is 15.5 Å². The molecule has 0 radical (unpaired) electrons. The Labute approximate surface area is 159 Å². The van der Waals surface area contributed by atoms with Crippen LogP contribution in [0.5, 0.6) is 5.75 Å². The first-order valence-electron chi connectivity index (χ1n) is 8.36. The molecule has 0 bridgehead atoms. The molecule has 0 fully saturated rings. The van der Waals surface area contributed by atoms with Gasteiger partial charge in [-0.1, -0.05) is 6.07 Å². The number of aromatic hydroxyl groups is 1. The number of hydrogen-bond acceptors (Lipinski definition) is 7. The molecule has 1 amide bonds. The van der Waals surface area contributed by atoms with Gasteiger partial charge in [-0.05, 0) is 48.5 Å². The summed E-state index contributed by atoms with van der Waals surface area (Å²) in [6.07, 6.45) is 1.51. The molecule has 0 spiro atoms. The van der Waals surface area contributed by atoms with Crippen LogP contribution in [-0.2, 0) is 6.61 Å². The standard InChI is InChI=1S/C20H15N3O5/c24-11-14-9-12(6-7-16(14)25)18(26)21-15-4-1-3-13(10-15)19-22-23-20(28-19)17-5-2-8-27-17/h1-10,24-25H,11H2,(H,21,26). The number of nitrogens with zero attached hydrogens (tertiary/aromatic N) is 2. The minimum Gasteiger partial charge on any atom is -0.508 e. The molecule has 8 nitrogen and oxygen atoms in total. The summed E-state index contributed by atoms with van der Waals surface area (Å²) in [5.41, 5.74) is 1.74. The van der Waals surface area contributed by atoms with Crippen molar-refractivity contribution in [3.8, 4) is 28.9 Å². The van der Waals surface area contributed by atoms with E-state index in [0.29, 0.717) is 22.6 Å². The average molecular weight is 377 g/mol. The normalized spacial score (nSPS) is 10.8. The molecule has 2 aromatic heterocycles. The van der Waals surface area contributed by atoms with E-state index in [4.69, 9.17) is 8.83 Å². The fourth-order valence-electron chi connectivity index (χ4n) is 2.63. The molecule has 2 aromatic carbocycles. The van der Waals surface area contributed by atoms with Crippen molar-refractivity contribution in [2.24, 2.45) is 0 Å². The van der Waals surface area contributed by atoms with Crippen LogP contribution in [0.25, 0.3) is 23.1 Å². The summed E-state index contributed by atoms with van der Waals surface area (Å²) in [6.45, 7) is -0.363. The molecule has 0 unspecified atom stereocenters. The van der Waals surface area contributed by atoms with E-state index in [1.54, 1.807) is 36.4 Å². The molecule has 4 rings (SSSR count). The maximum atomic E-state index is 12.5. The summed E-state index contributed by atoms with van der Waals surface area (Å²) >= 11 is 0. The van der Waals surface area contributed by atoms with Crippen molar-refractivity contribution >= 4 is 11.6 Å². The second-order valence-corrected chi connectivity index (χ2v) is 5.93. The van der Waals surface area contributed by atoms with Gasteiger partial charge in [0, 0.05) is 22.4 Å². The number of anilines is 1. The Kier molecular flexibility index (Phi) is 4.61. The molecule has 0 aliphatic heterocycles. The van der Waals surface area contributed by atoms with Crippen LogP contribution < -0.4 is 5.32 Å². The monoisotopic (exact) mass is 377 g/mol. The number of aliphatic hydroxyl groups is 1. The smallest absolute Gasteiger partial charge is 0.283 e. The topological polar surface area (TPSA) is 122 Å². The highest BCUT2D eigenvalue weighted by Crippen LogP contribution is 2.26. The van der Waals surface area contributed by atoms with Crippen LogP contribution in [0.4, 0.5) is 5.69 Å². The Morgan fingerprint density at radius 2 is 1.89 bits per heavy atom. The van der Waals surface area contributed by atoms with Gasteiger partial charge in [-0.25, -0.2) is 0 Å². The van der Waals surface area contributed by atoms with E-state index in [1.165, 1.54) is 24.5 Å². The lowest BCUT2D eigenvalue weighted by molar-refractivity contribution is 0.102. The van der Waals surface area contributed by atoms with Gasteiger partial charge in [-0.15, -0.1) is 10.2 Å². The van der Waals surface area contributed by atoms with E-state index in [1.807, 2.05) is 0 Å². The SMILES string of the molecule is O=C(Nc1cccc(-c2nnc(-c3ccco3)o2)c1)c1ccc(O)c(CO)c1. The van der Waals surface area contributed by atoms with Crippen LogP contribution in [0.1, 0.15) is 15.9 Å². The van der Waals surface area contributed by atoms with Gasteiger partial charge in [0.25, 0.3) is 11.8 Å². The second kappa shape index (κ2) is 7.37. The number of phenols is 1. The first kappa shape index (κ1) is 17.5. The molecule has 3 N–H and O–H groups in total. The number of nitrogens with one attached hydrogen (secondary N) is 1. The summed E-state index contributed by atoms with van der Waals surface area (Å²) in [5.74, 6) is 0.568. The van der Waals surface area contributed by atoms with Crippen LogP contribution in [0, 0.1) is 0 Å². The third kappa shape index (κ3) is 3.49. The second-order valence-electron chi connectivity index (χ2n) is 5.93. The van der Waals surface area contributed by atoms with Crippen LogP contribution in [0.15, 0.2) is 69.7 Å². The van der Waals surface area contributed by atoms with Crippen molar-refractivity contribution in [2.45, 2.75) is 6.61 Å². The minimum absolute atomic E-state index is 0.0650. The van der Waals surface area contributed by atoms with Crippen molar-refractivity contribution < 1.29 is 23.8 Å². The van der Waals surface area contributed by atoms with Gasteiger partial charge < -0.3 is 24.4 Å². The number of aliphatic hydroxyl groups excluding tert-OH is 1. The van der Waals surface area contributed by atoms with Crippen molar-refractivity contribution in [2.75, 3.05) is 5.32 Å². The van der Waals surface area contributed by atoms with Crippen LogP contribution in [0.3, 0.4) is 0 Å². The molecule has 2 heterocycles. The van der Waals surface area contributed by atoms with Gasteiger partial charge in [0.2, 0.25) is 5.89 Å². The third-order valence-electron chi connectivity index (χ3n) is 4.04. The van der Waals surface area contributed by atoms with E-state index >= 15 is 0 Å². The average Bonchev–Trinajstić information content (AvgIpc) is 3.40. The van der Waals surface area contributed by atoms with E-state index < -0.39 is 0 Å². The number of rotatable bonds is 5. The quantitative estimate of drug-likeness (QED) is 0.487. The molecule has 0 saturated carbocycles. The highest BCUT2D eigenvalue weighted by Gasteiger charge is 2.14. The number of benzene rings is 2. The lowest BCUT2D eigenvalue weighted by Crippen LogP contribution is -2.12. The van der Waals surface area contributed by atoms with Crippen molar-refractivity contribution in [3.05, 3.63) is 72.0 Å². The fraction of sp³-hybridized carbons (Fsp3) is 0.0500. The molecular formula is C20H15N3O5. The number of aromatic nitrogens is 2. The highest BCUT2D eigenvalue weighted by atomic mass is 16.4. The van der Waals surface area contributed by atoms with E-state index in [0.717, 1.165) is 0 Å². The molecule has 0 atom stereocenters. The van der Waals surface area contributed by atoms with Crippen molar-refractivity contribution in [1.82, 2.24) is 10.2 Å². The minimum atomic E-state index is -0.381. The van der Waals surface area contributed by atoms with Gasteiger partial charge in [0.1, 0.15) is 5.75 Å². The van der Waals surface area contributed by atoms with Crippen LogP contribution >= 0.6 is 0 Å². The zero-order valence-corrected chi connectivity index (χ0v) is 14.5. The fourth-order valence-corrected chi connectivity index (χ4v) is 2.63. The predicted octanol–water partition coefficient (Wildman–Crippen LogP) is 3.45. The molecule has 4 aromatic rings. The van der Waals surface area contributed by atoms with E-state index in [9.17, 15) is 15.0 Å². The van der Waals surface area contributed by atoms with Gasteiger partial charge in [-0.3, -0.25) is 4.79 Å². The number of carbonyl (C=O) groups excluding carboxylic acids is 1. The zero-order chi connectivity index (χ0) is 19.5. The van der Waals surface area contributed by atoms with Gasteiger partial charge in [0.05, 0.1) is 12.9 Å². The van der Waals surface area contributed by atoms with Gasteiger partial charge in [0.15, 0.2) is 5.76 Å². The van der Waals surface area contributed by atoms with Crippen molar-refractivity contribution in [1.29, 1.82) is 0 Å². The Hall–Kier alpha value is -3.91. The summed E-state index contributed by atoms with van der Waals surface area (Å²) in [4.78, 5) is 12.5. The van der Waals surface area contributed by atoms with Gasteiger partial charge >= 0.3 is 0 Å². The van der Waals surface area contributed by atoms with Crippen LogP contribution in [-0.4, -0.2) is 26.3 Å². The Morgan fingerprint density at radius 1 is 1.04 bits per heavy atom. The molecule has 0 aliphatic carbocycles. The summed E-state index contributed by atoms with van der Waals surface area (Å²) in [7, 11) is 0.